The Morgan fingerprint density at radius 3 is 2.16 bits per heavy atom. The third-order valence-corrected chi connectivity index (χ3v) is 5.23. The number of esters is 1. The van der Waals surface area contributed by atoms with Gasteiger partial charge in [-0.05, 0) is 50.6 Å². The van der Waals surface area contributed by atoms with Crippen molar-refractivity contribution in [3.63, 3.8) is 0 Å². The molecule has 0 fully saturated rings. The van der Waals surface area contributed by atoms with Gasteiger partial charge in [0.05, 0.1) is 4.90 Å². The van der Waals surface area contributed by atoms with Gasteiger partial charge in [-0.2, -0.15) is 0 Å². The maximum absolute atomic E-state index is 11.9. The average Bonchev–Trinajstić information content (AvgIpc) is 2.57. The van der Waals surface area contributed by atoms with E-state index in [0.29, 0.717) is 6.42 Å². The predicted octanol–water partition coefficient (Wildman–Crippen LogP) is 2.89. The molecule has 0 heterocycles. The van der Waals surface area contributed by atoms with E-state index >= 15 is 0 Å². The highest BCUT2D eigenvalue weighted by Crippen LogP contribution is 2.13. The summed E-state index contributed by atoms with van der Waals surface area (Å²) in [4.78, 5) is 12.1. The van der Waals surface area contributed by atoms with Gasteiger partial charge in [-0.15, -0.1) is 0 Å². The Balaban J connectivity index is 1.85. The van der Waals surface area contributed by atoms with Crippen LogP contribution in [0.15, 0.2) is 47.4 Å². The highest BCUT2D eigenvalue weighted by atomic mass is 32.2. The molecule has 25 heavy (non-hydrogen) atoms. The highest BCUT2D eigenvalue weighted by molar-refractivity contribution is 7.89. The van der Waals surface area contributed by atoms with Crippen molar-refractivity contribution in [3.8, 4) is 0 Å². The molecular formula is C19H23NO4S. The van der Waals surface area contributed by atoms with Gasteiger partial charge in [-0.3, -0.25) is 4.79 Å². The zero-order valence-electron chi connectivity index (χ0n) is 14.7. The van der Waals surface area contributed by atoms with Gasteiger partial charge in [0.15, 0.2) is 0 Å². The van der Waals surface area contributed by atoms with Gasteiger partial charge < -0.3 is 4.74 Å². The fourth-order valence-electron chi connectivity index (χ4n) is 2.59. The molecule has 0 aliphatic rings. The number of benzene rings is 2. The number of aryl methyl sites for hydroxylation is 3. The Labute approximate surface area is 149 Å². The van der Waals surface area contributed by atoms with E-state index in [1.807, 2.05) is 26.0 Å². The van der Waals surface area contributed by atoms with Crippen molar-refractivity contribution in [1.29, 1.82) is 0 Å². The van der Waals surface area contributed by atoms with E-state index in [2.05, 4.69) is 10.8 Å². The molecule has 2 aromatic rings. The number of nitrogens with one attached hydrogen (secondary N) is 1. The second kappa shape index (κ2) is 8.27. The summed E-state index contributed by atoms with van der Waals surface area (Å²) in [5.41, 5.74) is 4.15. The number of hydrogen-bond acceptors (Lipinski definition) is 4. The number of carbonyl (C=O) groups excluding carboxylic acids is 1. The van der Waals surface area contributed by atoms with Crippen LogP contribution in [0.5, 0.6) is 0 Å². The minimum absolute atomic E-state index is 0.205. The van der Waals surface area contributed by atoms with E-state index in [4.69, 9.17) is 4.74 Å². The van der Waals surface area contributed by atoms with Gasteiger partial charge in [-0.25, -0.2) is 13.1 Å². The van der Waals surface area contributed by atoms with Gasteiger partial charge in [0.2, 0.25) is 10.0 Å². The normalized spacial score (nSPS) is 11.3. The summed E-state index contributed by atoms with van der Waals surface area (Å²) < 4.78 is 30.9. The molecule has 0 unspecified atom stereocenters. The first kappa shape index (κ1) is 19.1. The molecule has 1 N–H and O–H groups in total. The van der Waals surface area contributed by atoms with Crippen molar-refractivity contribution in [1.82, 2.24) is 4.72 Å². The summed E-state index contributed by atoms with van der Waals surface area (Å²) in [6.07, 6.45) is 0.758. The van der Waals surface area contributed by atoms with E-state index < -0.39 is 10.0 Å². The number of rotatable bonds is 7. The first-order valence-electron chi connectivity index (χ1n) is 8.05. The minimum atomic E-state index is -3.43. The van der Waals surface area contributed by atoms with Gasteiger partial charge in [-0.1, -0.05) is 41.5 Å². The number of hydrogen-bond donors (Lipinski definition) is 1. The van der Waals surface area contributed by atoms with Crippen molar-refractivity contribution in [2.45, 2.75) is 38.2 Å². The molecule has 6 heteroatoms. The average molecular weight is 361 g/mol. The van der Waals surface area contributed by atoms with Crippen LogP contribution in [-0.2, 0) is 32.6 Å². The van der Waals surface area contributed by atoms with Crippen molar-refractivity contribution in [2.75, 3.05) is 7.05 Å². The summed E-state index contributed by atoms with van der Waals surface area (Å²) in [6.45, 7) is 4.28. The fraction of sp³-hybridized carbons (Fsp3) is 0.316. The van der Waals surface area contributed by atoms with Crippen LogP contribution < -0.4 is 4.72 Å². The zero-order valence-corrected chi connectivity index (χ0v) is 15.5. The molecule has 0 saturated heterocycles. The van der Waals surface area contributed by atoms with Crippen LogP contribution >= 0.6 is 0 Å². The van der Waals surface area contributed by atoms with Crippen LogP contribution in [0.1, 0.15) is 28.7 Å². The lowest BCUT2D eigenvalue weighted by molar-refractivity contribution is -0.144. The number of ether oxygens (including phenoxy) is 1. The molecule has 2 aromatic carbocycles. The summed E-state index contributed by atoms with van der Waals surface area (Å²) in [5.74, 6) is -0.272. The molecule has 0 aliphatic carbocycles. The molecule has 2 rings (SSSR count). The Hall–Kier alpha value is -2.18. The Morgan fingerprint density at radius 2 is 1.60 bits per heavy atom. The molecular weight excluding hydrogens is 338 g/mol. The van der Waals surface area contributed by atoms with Crippen molar-refractivity contribution in [3.05, 3.63) is 64.7 Å². The highest BCUT2D eigenvalue weighted by Gasteiger charge is 2.11. The lowest BCUT2D eigenvalue weighted by Gasteiger charge is -2.08. The van der Waals surface area contributed by atoms with Crippen molar-refractivity contribution >= 4 is 16.0 Å². The van der Waals surface area contributed by atoms with Crippen LogP contribution in [0, 0.1) is 13.8 Å². The second-order valence-electron chi connectivity index (χ2n) is 6.01. The molecule has 0 aliphatic heterocycles. The lowest BCUT2D eigenvalue weighted by Crippen LogP contribution is -2.18. The largest absolute Gasteiger partial charge is 0.461 e. The first-order valence-corrected chi connectivity index (χ1v) is 9.54. The van der Waals surface area contributed by atoms with Gasteiger partial charge in [0, 0.05) is 6.42 Å². The fourth-order valence-corrected chi connectivity index (χ4v) is 3.32. The van der Waals surface area contributed by atoms with E-state index in [1.54, 1.807) is 12.1 Å². The maximum atomic E-state index is 11.9. The van der Waals surface area contributed by atoms with Gasteiger partial charge in [0.1, 0.15) is 6.61 Å². The summed E-state index contributed by atoms with van der Waals surface area (Å²) in [5, 5.41) is 0. The van der Waals surface area contributed by atoms with Gasteiger partial charge >= 0.3 is 5.97 Å². The van der Waals surface area contributed by atoms with E-state index in [1.165, 1.54) is 19.2 Å². The molecule has 0 bridgehead atoms. The summed E-state index contributed by atoms with van der Waals surface area (Å²) in [7, 11) is -2.06. The van der Waals surface area contributed by atoms with Crippen molar-refractivity contribution in [2.24, 2.45) is 0 Å². The molecule has 0 saturated carbocycles. The third-order valence-electron chi connectivity index (χ3n) is 3.80. The van der Waals surface area contributed by atoms with Crippen LogP contribution in [0.2, 0.25) is 0 Å². The molecule has 0 atom stereocenters. The molecule has 0 amide bonds. The lowest BCUT2D eigenvalue weighted by atomic mass is 10.1. The van der Waals surface area contributed by atoms with Crippen LogP contribution in [0.3, 0.4) is 0 Å². The van der Waals surface area contributed by atoms with Gasteiger partial charge in [0.25, 0.3) is 0 Å². The second-order valence-corrected chi connectivity index (χ2v) is 7.89. The topological polar surface area (TPSA) is 72.5 Å². The standard InChI is InChI=1S/C19H23NO4S/c1-14-10-15(2)12-17(11-14)13-24-19(21)9-6-16-4-7-18(8-5-16)25(22,23)20-3/h4-5,7-8,10-12,20H,6,9,13H2,1-3H3. The first-order chi connectivity index (χ1) is 11.8. The molecule has 0 spiro atoms. The molecule has 5 nitrogen and oxygen atoms in total. The summed E-state index contributed by atoms with van der Waals surface area (Å²) in [6, 6.07) is 12.6. The van der Waals surface area contributed by atoms with Crippen LogP contribution in [0.4, 0.5) is 0 Å². The predicted molar refractivity (Wildman–Crippen MR) is 96.7 cm³/mol. The van der Waals surface area contributed by atoms with Crippen molar-refractivity contribution < 1.29 is 17.9 Å². The molecule has 0 radical (unpaired) electrons. The SMILES string of the molecule is CNS(=O)(=O)c1ccc(CCC(=O)OCc2cc(C)cc(C)c2)cc1. The summed E-state index contributed by atoms with van der Waals surface area (Å²) >= 11 is 0. The van der Waals surface area contributed by atoms with Crippen LogP contribution in [-0.4, -0.2) is 21.4 Å². The van der Waals surface area contributed by atoms with E-state index in [-0.39, 0.29) is 23.9 Å². The maximum Gasteiger partial charge on any atom is 0.306 e. The third kappa shape index (κ3) is 5.69. The van der Waals surface area contributed by atoms with Crippen LogP contribution in [0.25, 0.3) is 0 Å². The Morgan fingerprint density at radius 1 is 1.00 bits per heavy atom. The quantitative estimate of drug-likeness (QED) is 0.770. The zero-order chi connectivity index (χ0) is 18.4. The monoisotopic (exact) mass is 361 g/mol. The molecule has 0 aromatic heterocycles. The van der Waals surface area contributed by atoms with E-state index in [0.717, 1.165) is 22.3 Å². The Bertz CT molecular complexity index is 822. The minimum Gasteiger partial charge on any atom is -0.461 e. The number of sulfonamides is 1. The smallest absolute Gasteiger partial charge is 0.306 e. The Kier molecular flexibility index (Phi) is 6.33. The number of carbonyl (C=O) groups is 1. The molecule has 134 valence electrons. The van der Waals surface area contributed by atoms with E-state index in [9.17, 15) is 13.2 Å².